The Morgan fingerprint density at radius 2 is 1.59 bits per heavy atom. The van der Waals surface area contributed by atoms with Crippen LogP contribution in [0.25, 0.3) is 0 Å². The first-order valence-corrected chi connectivity index (χ1v) is 12.2. The molecule has 3 saturated heterocycles. The van der Waals surface area contributed by atoms with Crippen molar-refractivity contribution in [2.45, 2.75) is 44.0 Å². The molecule has 1 saturated carbocycles. The second-order valence-corrected chi connectivity index (χ2v) is 11.0. The van der Waals surface area contributed by atoms with Crippen molar-refractivity contribution in [2.75, 3.05) is 26.2 Å². The molecule has 12 heteroatoms. The Morgan fingerprint density at radius 3 is 2.03 bits per heavy atom. The van der Waals surface area contributed by atoms with Gasteiger partial charge in [-0.2, -0.15) is 13.7 Å². The van der Waals surface area contributed by atoms with Crippen LogP contribution in [0, 0.1) is 23.2 Å². The third-order valence-electron chi connectivity index (χ3n) is 6.44. The quantitative estimate of drug-likeness (QED) is 0.620. The monoisotopic (exact) mass is 493 g/mol. The molecule has 1 aromatic carbocycles. The van der Waals surface area contributed by atoms with Crippen LogP contribution in [0.1, 0.15) is 26.3 Å². The van der Waals surface area contributed by atoms with E-state index in [1.807, 2.05) is 30.3 Å². The van der Waals surface area contributed by atoms with Gasteiger partial charge in [0.1, 0.15) is 17.8 Å². The van der Waals surface area contributed by atoms with E-state index < -0.39 is 45.8 Å². The van der Waals surface area contributed by atoms with E-state index >= 15 is 0 Å². The van der Waals surface area contributed by atoms with Crippen LogP contribution in [0.4, 0.5) is 9.59 Å². The number of nitriles is 1. The summed E-state index contributed by atoms with van der Waals surface area (Å²) < 4.78 is 36.5. The highest BCUT2D eigenvalue weighted by Crippen LogP contribution is 2.63. The van der Waals surface area contributed by atoms with E-state index in [-0.39, 0.29) is 24.9 Å². The Kier molecular flexibility index (Phi) is 6.00. The Bertz CT molecular complexity index is 1080. The minimum absolute atomic E-state index is 0.165. The number of amides is 2. The normalized spacial score (nSPS) is 32.6. The van der Waals surface area contributed by atoms with Crippen molar-refractivity contribution >= 4 is 22.6 Å². The number of rotatable bonds is 1. The molecule has 0 radical (unpaired) electrons. The van der Waals surface area contributed by atoms with Gasteiger partial charge in [0.15, 0.2) is 0 Å². The molecular weight excluding hydrogens is 466 g/mol. The number of benzene rings is 1. The molecular formula is C22H27N3O8S. The van der Waals surface area contributed by atoms with Gasteiger partial charge in [0, 0.05) is 24.9 Å². The van der Waals surface area contributed by atoms with E-state index in [1.54, 1.807) is 20.8 Å². The van der Waals surface area contributed by atoms with Crippen LogP contribution < -0.4 is 0 Å². The molecule has 2 amide bonds. The van der Waals surface area contributed by atoms with Gasteiger partial charge in [-0.1, -0.05) is 30.3 Å². The first-order chi connectivity index (χ1) is 15.9. The molecule has 1 N–H and O–H groups in total. The molecule has 5 rings (SSSR count). The van der Waals surface area contributed by atoms with Gasteiger partial charge in [0.2, 0.25) is 0 Å². The molecule has 4 aliphatic rings. The Balaban J connectivity index is 0.000000161. The number of piperidine rings is 1. The SMILES string of the molecule is CC(C)(C)OC(=O)N1CC2OS(=O)(=O)OC2C1.N#CC1(c2ccccc2)[C@@H]2CN(C(=O)O)C[C@@H]21. The summed E-state index contributed by atoms with van der Waals surface area (Å²) in [6, 6.07) is 12.1. The van der Waals surface area contributed by atoms with Crippen molar-refractivity contribution in [1.82, 2.24) is 9.80 Å². The fraction of sp³-hybridized carbons (Fsp3) is 0.591. The van der Waals surface area contributed by atoms with E-state index in [0.29, 0.717) is 13.1 Å². The van der Waals surface area contributed by atoms with Crippen LogP contribution in [-0.2, 0) is 28.9 Å². The highest BCUT2D eigenvalue weighted by atomic mass is 32.3. The van der Waals surface area contributed by atoms with Crippen molar-refractivity contribution in [3.8, 4) is 6.07 Å². The number of likely N-dealkylation sites (tertiary alicyclic amines) is 2. The van der Waals surface area contributed by atoms with E-state index in [4.69, 9.17) is 9.84 Å². The first kappa shape index (κ1) is 24.3. The zero-order valence-corrected chi connectivity index (χ0v) is 19.9. The first-order valence-electron chi connectivity index (χ1n) is 10.9. The number of carboxylic acid groups (broad SMARTS) is 1. The van der Waals surface area contributed by atoms with Gasteiger partial charge in [-0.25, -0.2) is 18.0 Å². The number of carbonyl (C=O) groups excluding carboxylic acids is 1. The second kappa shape index (κ2) is 8.41. The predicted octanol–water partition coefficient (Wildman–Crippen LogP) is 1.95. The minimum Gasteiger partial charge on any atom is -0.465 e. The fourth-order valence-electron chi connectivity index (χ4n) is 4.89. The summed E-state index contributed by atoms with van der Waals surface area (Å²) in [7, 11) is -3.87. The van der Waals surface area contributed by atoms with Crippen LogP contribution in [-0.4, -0.2) is 79.5 Å². The lowest BCUT2D eigenvalue weighted by Gasteiger charge is -2.24. The molecule has 34 heavy (non-hydrogen) atoms. The lowest BCUT2D eigenvalue weighted by Crippen LogP contribution is -2.36. The van der Waals surface area contributed by atoms with Gasteiger partial charge in [0.25, 0.3) is 0 Å². The van der Waals surface area contributed by atoms with Gasteiger partial charge in [-0.05, 0) is 26.3 Å². The maximum Gasteiger partial charge on any atom is 0.410 e. The zero-order chi connectivity index (χ0) is 24.9. The average Bonchev–Trinajstić information content (AvgIpc) is 3.10. The van der Waals surface area contributed by atoms with Gasteiger partial charge in [-0.15, -0.1) is 0 Å². The number of carbonyl (C=O) groups is 2. The molecule has 1 aliphatic carbocycles. The smallest absolute Gasteiger partial charge is 0.410 e. The molecule has 0 bridgehead atoms. The molecule has 1 aromatic rings. The number of nitrogens with zero attached hydrogens (tertiary/aromatic N) is 3. The van der Waals surface area contributed by atoms with Crippen LogP contribution in [0.15, 0.2) is 30.3 Å². The average molecular weight is 494 g/mol. The van der Waals surface area contributed by atoms with E-state index in [9.17, 15) is 23.3 Å². The Hall–Kier alpha value is -2.88. The number of fused-ring (bicyclic) bond motifs is 2. The van der Waals surface area contributed by atoms with Crippen LogP contribution >= 0.6 is 0 Å². The maximum atomic E-state index is 11.7. The molecule has 0 aromatic heterocycles. The second-order valence-electron chi connectivity index (χ2n) is 9.81. The number of hydrogen-bond acceptors (Lipinski definition) is 8. The van der Waals surface area contributed by atoms with E-state index in [0.717, 1.165) is 5.56 Å². The summed E-state index contributed by atoms with van der Waals surface area (Å²) in [5.41, 5.74) is 0.0121. The van der Waals surface area contributed by atoms with Gasteiger partial charge in [0.05, 0.1) is 24.6 Å². The largest absolute Gasteiger partial charge is 0.465 e. The summed E-state index contributed by atoms with van der Waals surface area (Å²) in [5, 5.41) is 18.3. The lowest BCUT2D eigenvalue weighted by molar-refractivity contribution is 0.0261. The summed E-state index contributed by atoms with van der Waals surface area (Å²) in [4.78, 5) is 25.3. The topological polar surface area (TPSA) is 146 Å². The van der Waals surface area contributed by atoms with Crippen molar-refractivity contribution in [3.05, 3.63) is 35.9 Å². The van der Waals surface area contributed by atoms with Crippen molar-refractivity contribution in [1.29, 1.82) is 5.26 Å². The third kappa shape index (κ3) is 4.55. The minimum atomic E-state index is -3.87. The number of ether oxygens (including phenoxy) is 1. The highest BCUT2D eigenvalue weighted by Gasteiger charge is 2.70. The van der Waals surface area contributed by atoms with Crippen molar-refractivity contribution in [3.63, 3.8) is 0 Å². The van der Waals surface area contributed by atoms with Gasteiger partial charge < -0.3 is 19.6 Å². The van der Waals surface area contributed by atoms with E-state index in [2.05, 4.69) is 14.4 Å². The Morgan fingerprint density at radius 1 is 1.06 bits per heavy atom. The number of hydrogen-bond donors (Lipinski definition) is 1. The zero-order valence-electron chi connectivity index (χ0n) is 19.1. The lowest BCUT2D eigenvalue weighted by atomic mass is 9.92. The molecule has 3 unspecified atom stereocenters. The molecule has 0 spiro atoms. The highest BCUT2D eigenvalue weighted by molar-refractivity contribution is 7.82. The van der Waals surface area contributed by atoms with Gasteiger partial charge >= 0.3 is 22.6 Å². The van der Waals surface area contributed by atoms with Crippen LogP contribution in [0.2, 0.25) is 0 Å². The molecule has 3 aliphatic heterocycles. The van der Waals surface area contributed by atoms with Crippen LogP contribution in [0.5, 0.6) is 0 Å². The molecule has 5 atom stereocenters. The summed E-state index contributed by atoms with van der Waals surface area (Å²) in [5.74, 6) is 0.344. The van der Waals surface area contributed by atoms with Gasteiger partial charge in [-0.3, -0.25) is 0 Å². The predicted molar refractivity (Wildman–Crippen MR) is 117 cm³/mol. The molecule has 11 nitrogen and oxygen atoms in total. The molecule has 4 fully saturated rings. The standard InChI is InChI=1S/C13H12N2O2.C9H15NO6S/c14-8-13(9-4-2-1-3-5-9)10-6-15(12(16)17)7-11(10)13;1-9(2,3)14-8(11)10-4-6-7(5-10)16-17(12,13)15-6/h1-5,10-11H,6-7H2,(H,16,17);6-7H,4-5H2,1-3H3/t10-,11+,13?;. The Labute approximate surface area is 198 Å². The fourth-order valence-corrected chi connectivity index (χ4v) is 5.91. The molecule has 3 heterocycles. The van der Waals surface area contributed by atoms with Crippen molar-refractivity contribution < 1.29 is 36.2 Å². The van der Waals surface area contributed by atoms with Crippen molar-refractivity contribution in [2.24, 2.45) is 11.8 Å². The third-order valence-corrected chi connectivity index (χ3v) is 7.40. The summed E-state index contributed by atoms with van der Waals surface area (Å²) in [6.07, 6.45) is -2.60. The maximum absolute atomic E-state index is 11.7. The summed E-state index contributed by atoms with van der Waals surface area (Å²) >= 11 is 0. The molecule has 184 valence electrons. The van der Waals surface area contributed by atoms with E-state index in [1.165, 1.54) is 9.80 Å². The summed E-state index contributed by atoms with van der Waals surface area (Å²) in [6.45, 7) is 6.60. The van der Waals surface area contributed by atoms with Crippen LogP contribution in [0.3, 0.4) is 0 Å².